The Hall–Kier alpha value is -4.05. The maximum atomic E-state index is 13.8. The highest BCUT2D eigenvalue weighted by Gasteiger charge is 2.60. The number of para-hydroxylation sites is 2. The number of carbonyl (C=O) groups is 1. The minimum atomic E-state index is -1.70. The van der Waals surface area contributed by atoms with Crippen molar-refractivity contribution in [1.82, 2.24) is 0 Å². The Morgan fingerprint density at radius 3 is 2.62 bits per heavy atom. The van der Waals surface area contributed by atoms with E-state index in [4.69, 9.17) is 14.9 Å². The van der Waals surface area contributed by atoms with Crippen molar-refractivity contribution in [1.29, 1.82) is 5.26 Å². The molecular formula is C22H15N3O4. The lowest BCUT2D eigenvalue weighted by Crippen LogP contribution is -2.48. The molecule has 7 nitrogen and oxygen atoms in total. The SMILES string of the molecule is CCN1C(=O)[C@]2(C(C#N)=C(N)Oc3c2c(=O)oc2ccccc32)c2ccccc21. The molecule has 7 heteroatoms. The van der Waals surface area contributed by atoms with E-state index in [1.807, 2.05) is 13.0 Å². The van der Waals surface area contributed by atoms with Crippen LogP contribution < -0.4 is 21.0 Å². The van der Waals surface area contributed by atoms with E-state index in [1.54, 1.807) is 53.4 Å². The number of likely N-dealkylation sites (N-methyl/N-ethyl adjacent to an activating group) is 1. The van der Waals surface area contributed by atoms with Crippen molar-refractivity contribution in [3.8, 4) is 11.8 Å². The number of nitrogens with zero attached hydrogens (tertiary/aromatic N) is 2. The smallest absolute Gasteiger partial charge is 0.345 e. The Balaban J connectivity index is 2.02. The maximum absolute atomic E-state index is 13.8. The quantitative estimate of drug-likeness (QED) is 0.645. The summed E-state index contributed by atoms with van der Waals surface area (Å²) in [7, 11) is 0. The Labute approximate surface area is 165 Å². The third kappa shape index (κ3) is 1.90. The number of rotatable bonds is 1. The van der Waals surface area contributed by atoms with Crippen LogP contribution in [0.5, 0.6) is 5.75 Å². The number of anilines is 1. The van der Waals surface area contributed by atoms with Gasteiger partial charge in [-0.15, -0.1) is 0 Å². The van der Waals surface area contributed by atoms with Crippen molar-refractivity contribution < 1.29 is 13.9 Å². The van der Waals surface area contributed by atoms with E-state index >= 15 is 0 Å². The van der Waals surface area contributed by atoms with Crippen LogP contribution in [0.4, 0.5) is 5.69 Å². The van der Waals surface area contributed by atoms with Crippen molar-refractivity contribution in [3.05, 3.63) is 81.5 Å². The van der Waals surface area contributed by atoms with Gasteiger partial charge in [0, 0.05) is 17.8 Å². The molecule has 5 rings (SSSR count). The van der Waals surface area contributed by atoms with Crippen molar-refractivity contribution in [3.63, 3.8) is 0 Å². The molecule has 3 aromatic rings. The van der Waals surface area contributed by atoms with Crippen LogP contribution in [0.25, 0.3) is 11.0 Å². The van der Waals surface area contributed by atoms with E-state index in [0.717, 1.165) is 0 Å². The first-order chi connectivity index (χ1) is 14.1. The zero-order valence-electron chi connectivity index (χ0n) is 15.4. The van der Waals surface area contributed by atoms with Crippen molar-refractivity contribution >= 4 is 22.6 Å². The van der Waals surface area contributed by atoms with Crippen molar-refractivity contribution in [2.24, 2.45) is 5.73 Å². The Morgan fingerprint density at radius 1 is 1.14 bits per heavy atom. The molecule has 0 saturated carbocycles. The van der Waals surface area contributed by atoms with Crippen molar-refractivity contribution in [2.75, 3.05) is 11.4 Å². The summed E-state index contributed by atoms with van der Waals surface area (Å²) in [6.45, 7) is 2.20. The normalized spacial score (nSPS) is 19.9. The molecule has 2 N–H and O–H groups in total. The van der Waals surface area contributed by atoms with Crippen LogP contribution in [0, 0.1) is 11.3 Å². The molecular weight excluding hydrogens is 370 g/mol. The zero-order chi connectivity index (χ0) is 20.3. The van der Waals surface area contributed by atoms with Crippen LogP contribution in [0.2, 0.25) is 0 Å². The molecule has 0 bridgehead atoms. The summed E-state index contributed by atoms with van der Waals surface area (Å²) in [6, 6.07) is 15.9. The van der Waals surface area contributed by atoms with Gasteiger partial charge >= 0.3 is 5.63 Å². The van der Waals surface area contributed by atoms with Gasteiger partial charge < -0.3 is 19.8 Å². The Bertz CT molecular complexity index is 1350. The van der Waals surface area contributed by atoms with Crippen LogP contribution in [0.1, 0.15) is 18.1 Å². The second-order valence-corrected chi connectivity index (χ2v) is 6.86. The van der Waals surface area contributed by atoms with Gasteiger partial charge in [0.15, 0.2) is 11.2 Å². The van der Waals surface area contributed by atoms with Gasteiger partial charge in [-0.25, -0.2) is 4.79 Å². The van der Waals surface area contributed by atoms with E-state index in [2.05, 4.69) is 0 Å². The summed E-state index contributed by atoms with van der Waals surface area (Å²) in [4.78, 5) is 28.5. The molecule has 29 heavy (non-hydrogen) atoms. The summed E-state index contributed by atoms with van der Waals surface area (Å²) in [5.41, 5.74) is 5.02. The van der Waals surface area contributed by atoms with Crippen LogP contribution >= 0.6 is 0 Å². The fraction of sp³-hybridized carbons (Fsp3) is 0.136. The number of hydrogen-bond donors (Lipinski definition) is 1. The zero-order valence-corrected chi connectivity index (χ0v) is 15.4. The van der Waals surface area contributed by atoms with Gasteiger partial charge in [-0.05, 0) is 25.1 Å². The number of amides is 1. The highest BCUT2D eigenvalue weighted by atomic mass is 16.5. The van der Waals surface area contributed by atoms with E-state index in [-0.39, 0.29) is 22.8 Å². The number of benzene rings is 2. The molecule has 2 aromatic carbocycles. The standard InChI is InChI=1S/C22H15N3O4/c1-2-25-15-9-5-4-8-13(15)22(21(25)27)14(11-23)19(24)29-18-12-7-3-6-10-16(12)28-20(26)17(18)22/h3-10H,2,24H2,1H3/t22-/m0/s1. The largest absolute Gasteiger partial charge is 0.439 e. The van der Waals surface area contributed by atoms with Crippen LogP contribution in [0.3, 0.4) is 0 Å². The summed E-state index contributed by atoms with van der Waals surface area (Å²) in [5, 5.41) is 10.4. The molecule has 0 aliphatic carbocycles. The lowest BCUT2D eigenvalue weighted by molar-refractivity contribution is -0.121. The number of hydrogen-bond acceptors (Lipinski definition) is 6. The molecule has 1 aromatic heterocycles. The third-order valence-corrected chi connectivity index (χ3v) is 5.57. The first-order valence-electron chi connectivity index (χ1n) is 9.11. The monoisotopic (exact) mass is 385 g/mol. The number of nitriles is 1. The fourth-order valence-corrected chi connectivity index (χ4v) is 4.41. The molecule has 1 atom stereocenters. The van der Waals surface area contributed by atoms with E-state index in [1.165, 1.54) is 0 Å². The van der Waals surface area contributed by atoms with Crippen molar-refractivity contribution in [2.45, 2.75) is 12.3 Å². The molecule has 0 unspecified atom stereocenters. The second kappa shape index (κ2) is 5.72. The number of nitrogens with two attached hydrogens (primary N) is 1. The first kappa shape index (κ1) is 17.1. The lowest BCUT2D eigenvalue weighted by atomic mass is 9.69. The van der Waals surface area contributed by atoms with E-state index < -0.39 is 16.9 Å². The van der Waals surface area contributed by atoms with Crippen LogP contribution in [-0.4, -0.2) is 12.5 Å². The van der Waals surface area contributed by atoms with Gasteiger partial charge in [-0.1, -0.05) is 30.3 Å². The molecule has 0 fully saturated rings. The summed E-state index contributed by atoms with van der Waals surface area (Å²) < 4.78 is 11.3. The number of fused-ring (bicyclic) bond motifs is 6. The second-order valence-electron chi connectivity index (χ2n) is 6.86. The summed E-state index contributed by atoms with van der Waals surface area (Å²) >= 11 is 0. The minimum absolute atomic E-state index is 0.0182. The first-order valence-corrected chi connectivity index (χ1v) is 9.11. The minimum Gasteiger partial charge on any atom is -0.439 e. The highest BCUT2D eigenvalue weighted by Crippen LogP contribution is 2.55. The number of carbonyl (C=O) groups excluding carboxylic acids is 1. The number of ether oxygens (including phenoxy) is 1. The fourth-order valence-electron chi connectivity index (χ4n) is 4.41. The Kier molecular flexibility index (Phi) is 3.37. The topological polar surface area (TPSA) is 110 Å². The van der Waals surface area contributed by atoms with Gasteiger partial charge in [-0.2, -0.15) is 5.26 Å². The predicted octanol–water partition coefficient (Wildman–Crippen LogP) is 2.53. The molecule has 2 aliphatic heterocycles. The van der Waals surface area contributed by atoms with E-state index in [0.29, 0.717) is 28.8 Å². The van der Waals surface area contributed by atoms with E-state index in [9.17, 15) is 14.9 Å². The van der Waals surface area contributed by atoms with Gasteiger partial charge in [-0.3, -0.25) is 4.79 Å². The Morgan fingerprint density at radius 2 is 1.86 bits per heavy atom. The maximum Gasteiger partial charge on any atom is 0.345 e. The summed E-state index contributed by atoms with van der Waals surface area (Å²) in [6.07, 6.45) is 0. The van der Waals surface area contributed by atoms with Crippen LogP contribution in [-0.2, 0) is 10.2 Å². The molecule has 2 aliphatic rings. The molecule has 1 amide bonds. The van der Waals surface area contributed by atoms with Gasteiger partial charge in [0.2, 0.25) is 11.8 Å². The average Bonchev–Trinajstić information content (AvgIpc) is 2.96. The molecule has 142 valence electrons. The third-order valence-electron chi connectivity index (χ3n) is 5.57. The predicted molar refractivity (Wildman–Crippen MR) is 105 cm³/mol. The lowest BCUT2D eigenvalue weighted by Gasteiger charge is -2.33. The molecule has 3 heterocycles. The van der Waals surface area contributed by atoms with Gasteiger partial charge in [0.25, 0.3) is 0 Å². The van der Waals surface area contributed by atoms with Gasteiger partial charge in [0.05, 0.1) is 5.39 Å². The molecule has 1 spiro atoms. The molecule has 0 radical (unpaired) electrons. The highest BCUT2D eigenvalue weighted by molar-refractivity contribution is 6.14. The summed E-state index contributed by atoms with van der Waals surface area (Å²) in [5.74, 6) is -0.473. The molecule has 0 saturated heterocycles. The van der Waals surface area contributed by atoms with Gasteiger partial charge in [0.1, 0.15) is 22.8 Å². The average molecular weight is 385 g/mol. The van der Waals surface area contributed by atoms with Crippen LogP contribution in [0.15, 0.2) is 69.2 Å².